The Morgan fingerprint density at radius 2 is 1.78 bits per heavy atom. The summed E-state index contributed by atoms with van der Waals surface area (Å²) in [6.45, 7) is 8.40. The second-order valence-electron chi connectivity index (χ2n) is 8.09. The molecule has 0 bridgehead atoms. The molecule has 2 rings (SSSR count). The molecule has 0 aromatic heterocycles. The Labute approximate surface area is 196 Å². The normalized spacial score (nSPS) is 12.7. The molecule has 0 saturated heterocycles. The fraction of sp³-hybridized carbons (Fsp3) is 0.462. The van der Waals surface area contributed by atoms with Crippen molar-refractivity contribution in [3.8, 4) is 5.75 Å². The molecule has 2 unspecified atom stereocenters. The summed E-state index contributed by atoms with van der Waals surface area (Å²) in [6, 6.07) is 15.6. The van der Waals surface area contributed by atoms with E-state index in [1.54, 1.807) is 23.8 Å². The van der Waals surface area contributed by atoms with Crippen LogP contribution >= 0.6 is 11.8 Å². The van der Waals surface area contributed by atoms with Crippen molar-refractivity contribution < 1.29 is 14.3 Å². The van der Waals surface area contributed by atoms with Gasteiger partial charge in [-0.3, -0.25) is 9.59 Å². The fourth-order valence-corrected chi connectivity index (χ4v) is 4.22. The maximum atomic E-state index is 13.3. The third-order valence-corrected chi connectivity index (χ3v) is 6.48. The van der Waals surface area contributed by atoms with Gasteiger partial charge in [0.2, 0.25) is 11.8 Å². The first-order valence-electron chi connectivity index (χ1n) is 11.2. The maximum absolute atomic E-state index is 13.3. The monoisotopic (exact) mass is 456 g/mol. The number of rotatable bonds is 12. The van der Waals surface area contributed by atoms with Crippen LogP contribution in [-0.4, -0.2) is 41.7 Å². The summed E-state index contributed by atoms with van der Waals surface area (Å²) in [6.07, 6.45) is 1.40. The first-order chi connectivity index (χ1) is 15.4. The number of benzene rings is 2. The number of methoxy groups -OCH3 is 1. The van der Waals surface area contributed by atoms with Gasteiger partial charge in [0.05, 0.1) is 12.9 Å². The van der Waals surface area contributed by atoms with Crippen LogP contribution in [-0.2, 0) is 21.9 Å². The minimum atomic E-state index is -0.511. The molecule has 5 nitrogen and oxygen atoms in total. The number of thioether (sulfide) groups is 1. The zero-order valence-electron chi connectivity index (χ0n) is 19.9. The minimum absolute atomic E-state index is 0.0314. The highest BCUT2D eigenvalue weighted by atomic mass is 32.2. The van der Waals surface area contributed by atoms with Crippen molar-refractivity contribution in [2.75, 3.05) is 12.9 Å². The smallest absolute Gasteiger partial charge is 0.243 e. The van der Waals surface area contributed by atoms with Crippen LogP contribution in [0.25, 0.3) is 0 Å². The summed E-state index contributed by atoms with van der Waals surface area (Å²) >= 11 is 1.58. The van der Waals surface area contributed by atoms with Gasteiger partial charge in [-0.1, -0.05) is 55.8 Å². The lowest BCUT2D eigenvalue weighted by Gasteiger charge is -2.31. The van der Waals surface area contributed by atoms with E-state index in [4.69, 9.17) is 4.74 Å². The predicted octanol–water partition coefficient (Wildman–Crippen LogP) is 4.96. The van der Waals surface area contributed by atoms with Crippen molar-refractivity contribution >= 4 is 23.6 Å². The van der Waals surface area contributed by atoms with E-state index >= 15 is 0 Å². The van der Waals surface area contributed by atoms with Gasteiger partial charge in [-0.25, -0.2) is 0 Å². The summed E-state index contributed by atoms with van der Waals surface area (Å²) < 4.78 is 5.33. The van der Waals surface area contributed by atoms with Crippen LogP contribution < -0.4 is 10.1 Å². The van der Waals surface area contributed by atoms with E-state index in [0.717, 1.165) is 23.5 Å². The van der Waals surface area contributed by atoms with Crippen LogP contribution in [0, 0.1) is 6.92 Å². The fourth-order valence-electron chi connectivity index (χ4n) is 3.35. The Kier molecular flexibility index (Phi) is 10.6. The topological polar surface area (TPSA) is 58.6 Å². The van der Waals surface area contributed by atoms with Crippen LogP contribution in [0.2, 0.25) is 0 Å². The molecule has 32 heavy (non-hydrogen) atoms. The number of carbonyl (C=O) groups is 2. The van der Waals surface area contributed by atoms with E-state index in [1.165, 1.54) is 11.1 Å². The van der Waals surface area contributed by atoms with Gasteiger partial charge in [0.15, 0.2) is 0 Å². The van der Waals surface area contributed by atoms with E-state index in [1.807, 2.05) is 45.0 Å². The molecule has 174 valence electrons. The van der Waals surface area contributed by atoms with Gasteiger partial charge >= 0.3 is 0 Å². The molecule has 6 heteroatoms. The minimum Gasteiger partial charge on any atom is -0.497 e. The van der Waals surface area contributed by atoms with Gasteiger partial charge in [0.25, 0.3) is 0 Å². The first-order valence-corrected chi connectivity index (χ1v) is 12.4. The molecule has 0 saturated carbocycles. The lowest BCUT2D eigenvalue weighted by Crippen LogP contribution is -2.51. The summed E-state index contributed by atoms with van der Waals surface area (Å²) in [7, 11) is 1.62. The van der Waals surface area contributed by atoms with Crippen LogP contribution in [0.5, 0.6) is 5.75 Å². The van der Waals surface area contributed by atoms with Crippen LogP contribution in [0.1, 0.15) is 50.3 Å². The first kappa shape index (κ1) is 25.8. The standard InChI is InChI=1S/C26H36N2O3S/c1-6-20(4)27-26(30)24(7-2)28(16-22-9-8-10-23(15-22)31-5)25(29)18-32-17-21-13-11-19(3)12-14-21/h8-15,20,24H,6-7,16-18H2,1-5H3,(H,27,30). The highest BCUT2D eigenvalue weighted by Gasteiger charge is 2.29. The van der Waals surface area contributed by atoms with Gasteiger partial charge in [0, 0.05) is 18.3 Å². The van der Waals surface area contributed by atoms with E-state index in [9.17, 15) is 9.59 Å². The molecule has 1 N–H and O–H groups in total. The maximum Gasteiger partial charge on any atom is 0.243 e. The number of nitrogens with zero attached hydrogens (tertiary/aromatic N) is 1. The molecule has 2 amide bonds. The molecule has 0 spiro atoms. The van der Waals surface area contributed by atoms with E-state index in [2.05, 4.69) is 36.5 Å². The Hall–Kier alpha value is -2.47. The Balaban J connectivity index is 2.15. The predicted molar refractivity (Wildman–Crippen MR) is 133 cm³/mol. The lowest BCUT2D eigenvalue weighted by molar-refractivity contribution is -0.139. The van der Waals surface area contributed by atoms with Crippen LogP contribution in [0.3, 0.4) is 0 Å². The van der Waals surface area contributed by atoms with E-state index in [-0.39, 0.29) is 17.9 Å². The number of hydrogen-bond donors (Lipinski definition) is 1. The zero-order chi connectivity index (χ0) is 23.5. The van der Waals surface area contributed by atoms with Gasteiger partial charge in [-0.2, -0.15) is 0 Å². The van der Waals surface area contributed by atoms with E-state index in [0.29, 0.717) is 18.7 Å². The molecule has 0 heterocycles. The summed E-state index contributed by atoms with van der Waals surface area (Å²) in [5, 5.41) is 3.05. The molecular formula is C26H36N2O3S. The van der Waals surface area contributed by atoms with Gasteiger partial charge < -0.3 is 15.0 Å². The molecule has 2 aromatic carbocycles. The highest BCUT2D eigenvalue weighted by molar-refractivity contribution is 7.99. The second-order valence-corrected chi connectivity index (χ2v) is 9.08. The number of ether oxygens (including phenoxy) is 1. The molecule has 0 fully saturated rings. The van der Waals surface area contributed by atoms with Gasteiger partial charge in [-0.05, 0) is 49.9 Å². The zero-order valence-corrected chi connectivity index (χ0v) is 20.7. The molecule has 0 aliphatic carbocycles. The molecule has 2 aromatic rings. The molecule has 2 atom stereocenters. The van der Waals surface area contributed by atoms with Crippen molar-refractivity contribution in [2.45, 2.75) is 64.9 Å². The third-order valence-electron chi connectivity index (χ3n) is 5.49. The Morgan fingerprint density at radius 1 is 1.06 bits per heavy atom. The van der Waals surface area contributed by atoms with E-state index < -0.39 is 6.04 Å². The SMILES string of the molecule is CCC(C)NC(=O)C(CC)N(Cc1cccc(OC)c1)C(=O)CSCc1ccc(C)cc1. The number of aryl methyl sites for hydroxylation is 1. The largest absolute Gasteiger partial charge is 0.497 e. The lowest BCUT2D eigenvalue weighted by atomic mass is 10.1. The summed E-state index contributed by atoms with van der Waals surface area (Å²) in [4.78, 5) is 28.0. The average Bonchev–Trinajstić information content (AvgIpc) is 2.80. The van der Waals surface area contributed by atoms with Crippen LogP contribution in [0.15, 0.2) is 48.5 Å². The molecule has 0 radical (unpaired) electrons. The number of hydrogen-bond acceptors (Lipinski definition) is 4. The van der Waals surface area contributed by atoms with Crippen LogP contribution in [0.4, 0.5) is 0 Å². The van der Waals surface area contributed by atoms with Crippen molar-refractivity contribution in [2.24, 2.45) is 0 Å². The molecule has 0 aliphatic heterocycles. The summed E-state index contributed by atoms with van der Waals surface area (Å²) in [5.41, 5.74) is 3.35. The van der Waals surface area contributed by atoms with Gasteiger partial charge in [0.1, 0.15) is 11.8 Å². The van der Waals surface area contributed by atoms with Crippen molar-refractivity contribution in [3.05, 3.63) is 65.2 Å². The van der Waals surface area contributed by atoms with Crippen molar-refractivity contribution in [1.29, 1.82) is 0 Å². The molecular weight excluding hydrogens is 420 g/mol. The Bertz CT molecular complexity index is 870. The highest BCUT2D eigenvalue weighted by Crippen LogP contribution is 2.20. The van der Waals surface area contributed by atoms with Crippen molar-refractivity contribution in [3.63, 3.8) is 0 Å². The third kappa shape index (κ3) is 7.90. The van der Waals surface area contributed by atoms with Crippen molar-refractivity contribution in [1.82, 2.24) is 10.2 Å². The van der Waals surface area contributed by atoms with Gasteiger partial charge in [-0.15, -0.1) is 11.8 Å². The summed E-state index contributed by atoms with van der Waals surface area (Å²) in [5.74, 6) is 1.69. The quantitative estimate of drug-likeness (QED) is 0.490. The number of amides is 2. The molecule has 0 aliphatic rings. The number of nitrogens with one attached hydrogen (secondary N) is 1. The average molecular weight is 457 g/mol. The Morgan fingerprint density at radius 3 is 2.41 bits per heavy atom. The number of carbonyl (C=O) groups excluding carboxylic acids is 2. The second kappa shape index (κ2) is 13.2.